The van der Waals surface area contributed by atoms with Crippen molar-refractivity contribution in [3.05, 3.63) is 101 Å². The van der Waals surface area contributed by atoms with Crippen LogP contribution in [0.3, 0.4) is 0 Å². The first-order valence-corrected chi connectivity index (χ1v) is 27.4. The zero-order chi connectivity index (χ0) is 55.5. The second-order valence-corrected chi connectivity index (χ2v) is 22.5. The second-order valence-electron chi connectivity index (χ2n) is 22.5. The average molecular weight is 1080 g/mol. The molecule has 19 heteroatoms. The predicted octanol–water partition coefficient (Wildman–Crippen LogP) is 6.17. The van der Waals surface area contributed by atoms with Gasteiger partial charge in [0.2, 0.25) is 17.7 Å². The van der Waals surface area contributed by atoms with Crippen LogP contribution in [0.15, 0.2) is 72.5 Å². The van der Waals surface area contributed by atoms with Gasteiger partial charge in [-0.1, -0.05) is 69.2 Å². The van der Waals surface area contributed by atoms with Crippen LogP contribution in [0.25, 0.3) is 38.5 Å². The van der Waals surface area contributed by atoms with Crippen LogP contribution in [0.4, 0.5) is 14.6 Å². The number of hydrogen-bond acceptors (Lipinski definition) is 14. The number of piperidine rings is 1. The first-order chi connectivity index (χ1) is 38.0. The largest absolute Gasteiger partial charge is 0.508 e. The maximum Gasteiger partial charge on any atom is 0.319 e. The van der Waals surface area contributed by atoms with E-state index in [9.17, 15) is 24.6 Å². The normalized spacial score (nSPS) is 21.0. The molecule has 5 atom stereocenters. The summed E-state index contributed by atoms with van der Waals surface area (Å²) in [4.78, 5) is 60.6. The minimum absolute atomic E-state index is 0.0105. The molecule has 4 unspecified atom stereocenters. The Hall–Kier alpha value is -7.08. The number of aliphatic hydroxyl groups is 1. The van der Waals surface area contributed by atoms with Gasteiger partial charge < -0.3 is 55.1 Å². The van der Waals surface area contributed by atoms with Crippen LogP contribution in [-0.4, -0.2) is 155 Å². The molecule has 0 saturated carbocycles. The van der Waals surface area contributed by atoms with Gasteiger partial charge in [-0.25, -0.2) is 8.78 Å². The number of nitrogens with zero attached hydrogens (tertiary/aromatic N) is 6. The lowest BCUT2D eigenvalue weighted by molar-refractivity contribution is -0.144. The van der Waals surface area contributed by atoms with Gasteiger partial charge in [0.25, 0.3) is 0 Å². The third kappa shape index (κ3) is 12.4. The fourth-order valence-electron chi connectivity index (χ4n) is 11.6. The number of likely N-dealkylation sites (tertiary alicyclic amines) is 2. The molecule has 416 valence electrons. The van der Waals surface area contributed by atoms with E-state index in [1.54, 1.807) is 0 Å². The molecule has 2 bridgehead atoms. The third-order valence-corrected chi connectivity index (χ3v) is 15.8. The number of pyridine rings is 1. The Morgan fingerprint density at radius 1 is 0.962 bits per heavy atom. The monoisotopic (exact) mass is 1080 g/mol. The van der Waals surface area contributed by atoms with Crippen LogP contribution < -0.4 is 25.6 Å². The molecule has 79 heavy (non-hydrogen) atoms. The van der Waals surface area contributed by atoms with E-state index >= 15 is 8.78 Å². The molecule has 17 nitrogen and oxygen atoms in total. The number of β-amino-alcohol motifs (C(OH)–C–C–N with tert-alkyl or cyclic N) is 1. The molecule has 4 aliphatic heterocycles. The molecule has 4 saturated heterocycles. The topological polar surface area (TPSA) is 204 Å². The average Bonchev–Trinajstić information content (AvgIpc) is 4.20. The molecule has 5 N–H and O–H groups in total. The second kappa shape index (κ2) is 23.7. The summed E-state index contributed by atoms with van der Waals surface area (Å²) in [5, 5.41) is 31.8. The number of aromatic nitrogens is 3. The maximum atomic E-state index is 17.1. The summed E-state index contributed by atoms with van der Waals surface area (Å²) in [6, 6.07) is 12.2. The molecule has 1 aliphatic carbocycles. The first kappa shape index (κ1) is 55.2. The number of nitrogens with one attached hydrogen (secondary N) is 3. The highest BCUT2D eigenvalue weighted by molar-refractivity contribution is 6.03. The zero-order valence-electron chi connectivity index (χ0n) is 45.2. The number of fused-ring (bicyclic) bond motifs is 4. The molecular formula is C60H69F2N9O8. The number of piperazine rings is 1. The van der Waals surface area contributed by atoms with Gasteiger partial charge in [-0.2, -0.15) is 9.97 Å². The predicted molar refractivity (Wildman–Crippen MR) is 296 cm³/mol. The number of aliphatic hydroxyl groups excluding tert-OH is 1. The molecule has 4 fully saturated rings. The van der Waals surface area contributed by atoms with Crippen molar-refractivity contribution < 1.29 is 47.6 Å². The summed E-state index contributed by atoms with van der Waals surface area (Å²) in [7, 11) is 0. The molecule has 5 aliphatic rings. The van der Waals surface area contributed by atoms with E-state index in [-0.39, 0.29) is 103 Å². The van der Waals surface area contributed by atoms with Crippen LogP contribution in [0.5, 0.6) is 11.8 Å². The van der Waals surface area contributed by atoms with E-state index in [1.807, 2.05) is 45.0 Å². The number of carbonyl (C=O) groups excluding carboxylic acids is 3. The number of ether oxygens (including phenoxy) is 3. The number of hydrogen-bond donors (Lipinski definition) is 5. The Morgan fingerprint density at radius 2 is 1.71 bits per heavy atom. The van der Waals surface area contributed by atoms with Crippen LogP contribution in [0, 0.1) is 29.4 Å². The lowest BCUT2D eigenvalue weighted by atomic mass is 9.85. The van der Waals surface area contributed by atoms with Gasteiger partial charge in [0.05, 0.1) is 36.9 Å². The number of allylic oxidation sites excluding steroid dienone is 4. The van der Waals surface area contributed by atoms with Crippen molar-refractivity contribution in [1.82, 2.24) is 40.7 Å². The van der Waals surface area contributed by atoms with Gasteiger partial charge in [-0.15, -0.1) is 6.42 Å². The summed E-state index contributed by atoms with van der Waals surface area (Å²) in [6.07, 6.45) is 14.7. The van der Waals surface area contributed by atoms with E-state index in [4.69, 9.17) is 25.6 Å². The fraction of sp³-hybridized carbons (Fsp3) is 0.467. The van der Waals surface area contributed by atoms with Crippen LogP contribution in [-0.2, 0) is 30.4 Å². The summed E-state index contributed by atoms with van der Waals surface area (Å²) < 4.78 is 50.1. The van der Waals surface area contributed by atoms with Crippen molar-refractivity contribution in [2.24, 2.45) is 5.41 Å². The number of phenolic OH excluding ortho intramolecular Hbond substituents is 1. The molecular weight excluding hydrogens is 1010 g/mol. The fourth-order valence-corrected chi connectivity index (χ4v) is 11.6. The molecule has 2 aromatic heterocycles. The number of aromatic hydroxyl groups is 1. The summed E-state index contributed by atoms with van der Waals surface area (Å²) in [5.74, 6) is 0.00693. The first-order valence-electron chi connectivity index (χ1n) is 27.4. The standard InChI is InChI=1S/C60H69F2N9O8/c1-6-44-48(61)17-14-38-26-41(72)27-46(51(38)44)53-52(62)54-47(30-63-53)56(70-31-39-15-16-40(32-70)65-39)68-59(67-54)79-43-18-20-69(21-19-43)22-23-77-24-25-78-34-50(74)66-55(60(3,4)5)58(76)71-33-42(73)28-49(71)57(75)64-29-36-10-12-37(13-11-36)45-9-7-8-35(45)2/h1,7-8,10-14,17,26-27,30,39-40,42-43,49,55,65,72-73H,9,15-16,18-25,28-29,31-34H2,2-5H3,(H,64,75)(H,66,74)/t39?,40?,42-,49?,55?/m1/s1. The minimum atomic E-state index is -0.986. The minimum Gasteiger partial charge on any atom is -0.508 e. The number of amides is 3. The van der Waals surface area contributed by atoms with E-state index in [1.165, 1.54) is 46.5 Å². The molecule has 0 spiro atoms. The SMILES string of the molecule is C#Cc1c(F)ccc2cc(O)cc(-c3ncc4c(N5CC6CCC(C5)N6)nc(OC5CCN(CCOCCOCC(=O)NC(C(=O)N6C[C@H](O)CC6C(=O)NCc6ccc(C7=C(C)C=CC7)cc6)C(C)(C)C)CC5)nc4c3F)c12. The number of terminal acetylenes is 1. The Morgan fingerprint density at radius 3 is 2.42 bits per heavy atom. The smallest absolute Gasteiger partial charge is 0.319 e. The summed E-state index contributed by atoms with van der Waals surface area (Å²) >= 11 is 0. The highest BCUT2D eigenvalue weighted by Crippen LogP contribution is 2.40. The Kier molecular flexibility index (Phi) is 16.6. The Bertz CT molecular complexity index is 3210. The lowest BCUT2D eigenvalue weighted by Crippen LogP contribution is -2.58. The van der Waals surface area contributed by atoms with E-state index in [0.717, 1.165) is 30.4 Å². The number of benzene rings is 3. The van der Waals surface area contributed by atoms with Gasteiger partial charge in [0.15, 0.2) is 5.82 Å². The summed E-state index contributed by atoms with van der Waals surface area (Å²) in [5.41, 5.74) is 3.76. The van der Waals surface area contributed by atoms with Crippen molar-refractivity contribution in [2.45, 2.75) is 109 Å². The number of halogens is 2. The number of carbonyl (C=O) groups is 3. The Balaban J connectivity index is 0.690. The van der Waals surface area contributed by atoms with Crippen LogP contribution >= 0.6 is 0 Å². The number of phenols is 1. The number of rotatable bonds is 18. The molecule has 10 rings (SSSR count). The van der Waals surface area contributed by atoms with Gasteiger partial charge in [0, 0.05) is 81.5 Å². The Labute approximate surface area is 458 Å². The molecule has 5 aromatic rings. The lowest BCUT2D eigenvalue weighted by Gasteiger charge is -2.35. The molecule has 3 amide bonds. The van der Waals surface area contributed by atoms with Crippen molar-refractivity contribution >= 4 is 50.8 Å². The van der Waals surface area contributed by atoms with Crippen LogP contribution in [0.1, 0.15) is 82.9 Å². The molecule has 6 heterocycles. The van der Waals surface area contributed by atoms with E-state index in [0.29, 0.717) is 68.8 Å². The van der Waals surface area contributed by atoms with Crippen molar-refractivity contribution in [2.75, 3.05) is 70.6 Å². The van der Waals surface area contributed by atoms with Crippen molar-refractivity contribution in [3.63, 3.8) is 0 Å². The van der Waals surface area contributed by atoms with E-state index in [2.05, 4.69) is 60.7 Å². The van der Waals surface area contributed by atoms with Crippen molar-refractivity contribution in [1.29, 1.82) is 0 Å². The van der Waals surface area contributed by atoms with Gasteiger partial charge in [-0.05, 0) is 90.3 Å². The summed E-state index contributed by atoms with van der Waals surface area (Å²) in [6.45, 7) is 11.7. The van der Waals surface area contributed by atoms with Gasteiger partial charge >= 0.3 is 6.01 Å². The maximum absolute atomic E-state index is 17.1. The zero-order valence-corrected chi connectivity index (χ0v) is 45.2. The third-order valence-electron chi connectivity index (χ3n) is 15.8. The van der Waals surface area contributed by atoms with Gasteiger partial charge in [0.1, 0.15) is 53.4 Å². The molecule has 0 radical (unpaired) electrons. The van der Waals surface area contributed by atoms with Crippen molar-refractivity contribution in [3.8, 4) is 35.4 Å². The van der Waals surface area contributed by atoms with Crippen LogP contribution in [0.2, 0.25) is 0 Å². The molecule has 3 aromatic carbocycles. The highest BCUT2D eigenvalue weighted by Gasteiger charge is 2.45. The van der Waals surface area contributed by atoms with E-state index < -0.39 is 47.1 Å². The number of anilines is 1. The quantitative estimate of drug-likeness (QED) is 0.0493. The van der Waals surface area contributed by atoms with Gasteiger partial charge in [-0.3, -0.25) is 19.4 Å². The highest BCUT2D eigenvalue weighted by atomic mass is 19.1.